The molecule has 1 aromatic rings. The van der Waals surface area contributed by atoms with E-state index >= 15 is 0 Å². The van der Waals surface area contributed by atoms with Crippen molar-refractivity contribution in [1.29, 1.82) is 0 Å². The van der Waals surface area contributed by atoms with Crippen LogP contribution < -0.4 is 5.32 Å². The molecule has 2 heteroatoms. The van der Waals surface area contributed by atoms with Crippen molar-refractivity contribution in [3.05, 3.63) is 21.9 Å². The van der Waals surface area contributed by atoms with Gasteiger partial charge in [-0.3, -0.25) is 0 Å². The molecule has 16 heavy (non-hydrogen) atoms. The third kappa shape index (κ3) is 2.86. The van der Waals surface area contributed by atoms with Crippen LogP contribution in [0.15, 0.2) is 10.8 Å². The van der Waals surface area contributed by atoms with E-state index in [1.807, 2.05) is 11.3 Å². The lowest BCUT2D eigenvalue weighted by molar-refractivity contribution is 0.225. The van der Waals surface area contributed by atoms with E-state index in [1.165, 1.54) is 30.4 Å². The van der Waals surface area contributed by atoms with Crippen molar-refractivity contribution in [3.8, 4) is 0 Å². The molecule has 0 amide bonds. The van der Waals surface area contributed by atoms with Crippen LogP contribution in [-0.4, -0.2) is 6.04 Å². The van der Waals surface area contributed by atoms with Crippen LogP contribution in [0.25, 0.3) is 0 Å². The van der Waals surface area contributed by atoms with Gasteiger partial charge in [0.1, 0.15) is 0 Å². The zero-order valence-electron chi connectivity index (χ0n) is 10.6. The van der Waals surface area contributed by atoms with Gasteiger partial charge in [-0.15, -0.1) is 0 Å². The zero-order valence-corrected chi connectivity index (χ0v) is 11.4. The quantitative estimate of drug-likeness (QED) is 0.838. The topological polar surface area (TPSA) is 12.0 Å². The fraction of sp³-hybridized carbons (Fsp3) is 0.714. The molecule has 1 fully saturated rings. The summed E-state index contributed by atoms with van der Waals surface area (Å²) >= 11 is 1.81. The summed E-state index contributed by atoms with van der Waals surface area (Å²) in [5.74, 6) is 1.80. The van der Waals surface area contributed by atoms with Crippen molar-refractivity contribution >= 4 is 11.3 Å². The average molecular weight is 237 g/mol. The molecule has 1 aliphatic carbocycles. The summed E-state index contributed by atoms with van der Waals surface area (Å²) in [6.07, 6.45) is 4.10. The summed E-state index contributed by atoms with van der Waals surface area (Å²) in [7, 11) is 0. The van der Waals surface area contributed by atoms with Gasteiger partial charge in [0.2, 0.25) is 0 Å². The van der Waals surface area contributed by atoms with Gasteiger partial charge in [-0.1, -0.05) is 13.8 Å². The lowest BCUT2D eigenvalue weighted by atomic mass is 9.79. The Morgan fingerprint density at radius 2 is 2.06 bits per heavy atom. The van der Waals surface area contributed by atoms with E-state index in [0.29, 0.717) is 0 Å². The normalized spacial score (nSPS) is 30.6. The van der Waals surface area contributed by atoms with Gasteiger partial charge in [0.15, 0.2) is 0 Å². The molecular formula is C14H23NS. The lowest BCUT2D eigenvalue weighted by Crippen LogP contribution is -2.35. The fourth-order valence-corrected chi connectivity index (χ4v) is 3.41. The average Bonchev–Trinajstić information content (AvgIpc) is 2.66. The van der Waals surface area contributed by atoms with Crippen molar-refractivity contribution in [2.75, 3.05) is 0 Å². The van der Waals surface area contributed by atoms with Gasteiger partial charge in [0.05, 0.1) is 0 Å². The molecule has 1 aliphatic rings. The van der Waals surface area contributed by atoms with E-state index in [4.69, 9.17) is 0 Å². The summed E-state index contributed by atoms with van der Waals surface area (Å²) < 4.78 is 0. The number of aryl methyl sites for hydroxylation is 1. The van der Waals surface area contributed by atoms with Crippen LogP contribution >= 0.6 is 11.3 Å². The largest absolute Gasteiger partial charge is 0.310 e. The van der Waals surface area contributed by atoms with E-state index in [2.05, 4.69) is 36.8 Å². The summed E-state index contributed by atoms with van der Waals surface area (Å²) in [5, 5.41) is 8.24. The van der Waals surface area contributed by atoms with Crippen molar-refractivity contribution in [2.24, 2.45) is 11.8 Å². The van der Waals surface area contributed by atoms with Crippen molar-refractivity contribution in [2.45, 2.75) is 52.6 Å². The fourth-order valence-electron chi connectivity index (χ4n) is 2.56. The van der Waals surface area contributed by atoms with E-state index in [1.54, 1.807) is 0 Å². The third-order valence-corrected chi connectivity index (χ3v) is 5.05. The van der Waals surface area contributed by atoms with Crippen molar-refractivity contribution in [1.82, 2.24) is 5.32 Å². The molecule has 1 aromatic heterocycles. The Hall–Kier alpha value is -0.340. The predicted molar refractivity (Wildman–Crippen MR) is 71.9 cm³/mol. The Labute approximate surface area is 103 Å². The van der Waals surface area contributed by atoms with E-state index in [-0.39, 0.29) is 0 Å². The van der Waals surface area contributed by atoms with Gasteiger partial charge in [-0.05, 0) is 59.9 Å². The highest BCUT2D eigenvalue weighted by Gasteiger charge is 2.23. The molecule has 3 unspecified atom stereocenters. The number of thiophene rings is 1. The minimum Gasteiger partial charge on any atom is -0.310 e. The molecule has 2 rings (SSSR count). The van der Waals surface area contributed by atoms with Crippen LogP contribution in [0.1, 0.15) is 44.2 Å². The SMILES string of the molecule is Cc1cscc1CNC1CCC(C)C(C)C1. The molecule has 0 bridgehead atoms. The van der Waals surface area contributed by atoms with Crippen LogP contribution in [0.2, 0.25) is 0 Å². The molecule has 0 radical (unpaired) electrons. The third-order valence-electron chi connectivity index (χ3n) is 4.14. The van der Waals surface area contributed by atoms with Crippen molar-refractivity contribution in [3.63, 3.8) is 0 Å². The highest BCUT2D eigenvalue weighted by atomic mass is 32.1. The van der Waals surface area contributed by atoms with Gasteiger partial charge in [0.25, 0.3) is 0 Å². The Morgan fingerprint density at radius 3 is 2.69 bits per heavy atom. The summed E-state index contributed by atoms with van der Waals surface area (Å²) in [6, 6.07) is 0.741. The molecule has 1 nitrogen and oxygen atoms in total. The smallest absolute Gasteiger partial charge is 0.0218 e. The number of hydrogen-bond donors (Lipinski definition) is 1. The van der Waals surface area contributed by atoms with Crippen molar-refractivity contribution < 1.29 is 0 Å². The van der Waals surface area contributed by atoms with Gasteiger partial charge < -0.3 is 5.32 Å². The van der Waals surface area contributed by atoms with E-state index < -0.39 is 0 Å². The Morgan fingerprint density at radius 1 is 1.25 bits per heavy atom. The summed E-state index contributed by atoms with van der Waals surface area (Å²) in [6.45, 7) is 8.05. The Kier molecular flexibility index (Phi) is 4.04. The molecule has 1 heterocycles. The Bertz CT molecular complexity index is 331. The van der Waals surface area contributed by atoms with Gasteiger partial charge in [0, 0.05) is 12.6 Å². The van der Waals surface area contributed by atoms with Crippen LogP contribution in [0, 0.1) is 18.8 Å². The molecule has 0 aromatic carbocycles. The maximum atomic E-state index is 3.72. The minimum atomic E-state index is 0.741. The first-order chi connectivity index (χ1) is 7.66. The molecule has 90 valence electrons. The molecular weight excluding hydrogens is 214 g/mol. The summed E-state index contributed by atoms with van der Waals surface area (Å²) in [4.78, 5) is 0. The second kappa shape index (κ2) is 5.33. The minimum absolute atomic E-state index is 0.741. The van der Waals surface area contributed by atoms with Crippen LogP contribution in [-0.2, 0) is 6.54 Å². The molecule has 0 spiro atoms. The first kappa shape index (κ1) is 12.1. The van der Waals surface area contributed by atoms with E-state index in [0.717, 1.165) is 24.4 Å². The summed E-state index contributed by atoms with van der Waals surface area (Å²) in [5.41, 5.74) is 2.92. The van der Waals surface area contributed by atoms with Crippen LogP contribution in [0.5, 0.6) is 0 Å². The molecule has 1 saturated carbocycles. The van der Waals surface area contributed by atoms with Crippen LogP contribution in [0.3, 0.4) is 0 Å². The lowest BCUT2D eigenvalue weighted by Gasteiger charge is -2.32. The number of hydrogen-bond acceptors (Lipinski definition) is 2. The maximum absolute atomic E-state index is 3.72. The molecule has 3 atom stereocenters. The number of nitrogens with one attached hydrogen (secondary N) is 1. The highest BCUT2D eigenvalue weighted by Crippen LogP contribution is 2.29. The molecule has 1 N–H and O–H groups in total. The number of rotatable bonds is 3. The predicted octanol–water partition coefficient (Wildman–Crippen LogP) is 3.97. The highest BCUT2D eigenvalue weighted by molar-refractivity contribution is 7.08. The maximum Gasteiger partial charge on any atom is 0.0218 e. The van der Waals surface area contributed by atoms with E-state index in [9.17, 15) is 0 Å². The molecule has 0 saturated heterocycles. The Balaban J connectivity index is 1.81. The monoisotopic (exact) mass is 237 g/mol. The zero-order chi connectivity index (χ0) is 11.5. The second-order valence-corrected chi connectivity index (χ2v) is 6.17. The van der Waals surface area contributed by atoms with Crippen LogP contribution in [0.4, 0.5) is 0 Å². The van der Waals surface area contributed by atoms with Gasteiger partial charge >= 0.3 is 0 Å². The first-order valence-electron chi connectivity index (χ1n) is 6.42. The van der Waals surface area contributed by atoms with Gasteiger partial charge in [-0.25, -0.2) is 0 Å². The second-order valence-electron chi connectivity index (χ2n) is 5.43. The van der Waals surface area contributed by atoms with Gasteiger partial charge in [-0.2, -0.15) is 11.3 Å². The first-order valence-corrected chi connectivity index (χ1v) is 7.36. The molecule has 0 aliphatic heterocycles. The standard InChI is InChI=1S/C14H23NS/c1-10-4-5-14(6-11(10)2)15-7-13-9-16-8-12(13)3/h8-11,14-15H,4-7H2,1-3H3.